The molecule has 0 spiro atoms. The van der Waals surface area contributed by atoms with Crippen LogP contribution in [0.2, 0.25) is 0 Å². The van der Waals surface area contributed by atoms with Crippen molar-refractivity contribution in [3.05, 3.63) is 75.7 Å². The van der Waals surface area contributed by atoms with E-state index in [1.807, 2.05) is 13.3 Å². The predicted molar refractivity (Wildman–Crippen MR) is 151 cm³/mol. The number of hydrogen-bond donors (Lipinski definition) is 0. The molecule has 0 unspecified atom stereocenters. The molecular formula is C29H35N5OS. The third-order valence-electron chi connectivity index (χ3n) is 7.03. The Morgan fingerprint density at radius 2 is 1.75 bits per heavy atom. The molecule has 0 bridgehead atoms. The second kappa shape index (κ2) is 11.3. The van der Waals surface area contributed by atoms with Crippen LogP contribution >= 0.6 is 11.3 Å². The van der Waals surface area contributed by atoms with Crippen molar-refractivity contribution in [3.63, 3.8) is 0 Å². The van der Waals surface area contributed by atoms with Gasteiger partial charge in [0.2, 0.25) is 4.80 Å². The fraction of sp³-hybridized carbons (Fsp3) is 0.379. The first-order chi connectivity index (χ1) is 17.7. The van der Waals surface area contributed by atoms with E-state index in [1.54, 1.807) is 11.3 Å². The summed E-state index contributed by atoms with van der Waals surface area (Å²) in [5.41, 5.74) is 7.65. The molecule has 1 fully saturated rings. The van der Waals surface area contributed by atoms with Crippen LogP contribution in [0.3, 0.4) is 0 Å². The number of anilines is 1. The summed E-state index contributed by atoms with van der Waals surface area (Å²) >= 11 is 1.67. The maximum absolute atomic E-state index is 5.64. The molecule has 1 aliphatic carbocycles. The second-order valence-corrected chi connectivity index (χ2v) is 10.2. The minimum absolute atomic E-state index is 0.766. The highest BCUT2D eigenvalue weighted by atomic mass is 32.1. The van der Waals surface area contributed by atoms with E-state index >= 15 is 0 Å². The van der Waals surface area contributed by atoms with Gasteiger partial charge < -0.3 is 19.1 Å². The van der Waals surface area contributed by atoms with Gasteiger partial charge in [-0.25, -0.2) is 0 Å². The Morgan fingerprint density at radius 3 is 2.47 bits per heavy atom. The van der Waals surface area contributed by atoms with Crippen LogP contribution in [-0.2, 0) is 11.8 Å². The first kappa shape index (κ1) is 24.5. The number of morpholine rings is 1. The van der Waals surface area contributed by atoms with Gasteiger partial charge in [-0.1, -0.05) is 35.6 Å². The van der Waals surface area contributed by atoms with Crippen molar-refractivity contribution in [1.29, 1.82) is 0 Å². The fourth-order valence-electron chi connectivity index (χ4n) is 5.07. The van der Waals surface area contributed by atoms with Crippen LogP contribution in [0.1, 0.15) is 32.3 Å². The molecule has 1 aromatic heterocycles. The molecule has 36 heavy (non-hydrogen) atoms. The highest BCUT2D eigenvalue weighted by Gasteiger charge is 2.25. The number of aryl methyl sites for hydroxylation is 1. The van der Waals surface area contributed by atoms with Gasteiger partial charge in [0.15, 0.2) is 0 Å². The molecule has 0 radical (unpaired) electrons. The van der Waals surface area contributed by atoms with Crippen molar-refractivity contribution in [1.82, 2.24) is 9.47 Å². The summed E-state index contributed by atoms with van der Waals surface area (Å²) in [4.78, 5) is 5.75. The molecule has 188 valence electrons. The minimum Gasteiger partial charge on any atom is -0.378 e. The zero-order chi connectivity index (χ0) is 24.9. The Labute approximate surface area is 217 Å². The maximum atomic E-state index is 5.64. The quantitative estimate of drug-likeness (QED) is 0.320. The molecule has 2 aliphatic rings. The zero-order valence-corrected chi connectivity index (χ0v) is 22.3. The highest BCUT2D eigenvalue weighted by Crippen LogP contribution is 2.35. The van der Waals surface area contributed by atoms with Gasteiger partial charge >= 0.3 is 0 Å². The van der Waals surface area contributed by atoms with Gasteiger partial charge in [0.05, 0.1) is 29.6 Å². The summed E-state index contributed by atoms with van der Waals surface area (Å²) in [5.74, 6) is 0. The summed E-state index contributed by atoms with van der Waals surface area (Å²) < 4.78 is 8.97. The predicted octanol–water partition coefficient (Wildman–Crippen LogP) is 5.44. The van der Waals surface area contributed by atoms with Crippen LogP contribution in [-0.4, -0.2) is 55.1 Å². The van der Waals surface area contributed by atoms with Crippen LogP contribution in [0, 0.1) is 0 Å². The van der Waals surface area contributed by atoms with Gasteiger partial charge in [0.25, 0.3) is 0 Å². The SMILES string of the molecule is CCN(CC)c1ccc(/C=C2/CCC(/C=N\N=c3/sc4ccccc4n3C)=C2N2CCOCC2)cc1. The third kappa shape index (κ3) is 5.18. The van der Waals surface area contributed by atoms with Crippen LogP contribution in [0.4, 0.5) is 5.69 Å². The molecule has 2 aromatic carbocycles. The Hall–Kier alpha value is -3.16. The molecule has 6 nitrogen and oxygen atoms in total. The lowest BCUT2D eigenvalue weighted by molar-refractivity contribution is 0.0548. The molecule has 1 aliphatic heterocycles. The fourth-order valence-corrected chi connectivity index (χ4v) is 6.04. The largest absolute Gasteiger partial charge is 0.378 e. The maximum Gasteiger partial charge on any atom is 0.211 e. The first-order valence-corrected chi connectivity index (χ1v) is 13.7. The average Bonchev–Trinajstić information content (AvgIpc) is 3.46. The summed E-state index contributed by atoms with van der Waals surface area (Å²) in [6.45, 7) is 9.80. The van der Waals surface area contributed by atoms with Gasteiger partial charge in [-0.15, -0.1) is 5.10 Å². The molecule has 0 atom stereocenters. The second-order valence-electron chi connectivity index (χ2n) is 9.16. The Bertz CT molecular complexity index is 1350. The monoisotopic (exact) mass is 501 g/mol. The molecule has 5 rings (SSSR count). The van der Waals surface area contributed by atoms with Crippen molar-refractivity contribution < 1.29 is 4.74 Å². The number of allylic oxidation sites excluding steroid dienone is 2. The summed E-state index contributed by atoms with van der Waals surface area (Å²) in [7, 11) is 2.05. The van der Waals surface area contributed by atoms with Gasteiger partial charge in [-0.2, -0.15) is 5.10 Å². The van der Waals surface area contributed by atoms with Crippen molar-refractivity contribution >= 4 is 39.5 Å². The molecule has 0 saturated carbocycles. The highest BCUT2D eigenvalue weighted by molar-refractivity contribution is 7.16. The minimum atomic E-state index is 0.766. The van der Waals surface area contributed by atoms with Crippen LogP contribution in [0.25, 0.3) is 16.3 Å². The van der Waals surface area contributed by atoms with Crippen molar-refractivity contribution in [3.8, 4) is 0 Å². The zero-order valence-electron chi connectivity index (χ0n) is 21.5. The number of aromatic nitrogens is 1. The van der Waals surface area contributed by atoms with Crippen molar-refractivity contribution in [2.75, 3.05) is 44.3 Å². The van der Waals surface area contributed by atoms with Crippen molar-refractivity contribution in [2.45, 2.75) is 26.7 Å². The van der Waals surface area contributed by atoms with E-state index < -0.39 is 0 Å². The smallest absolute Gasteiger partial charge is 0.211 e. The van der Waals surface area contributed by atoms with Gasteiger partial charge in [0, 0.05) is 44.6 Å². The lowest BCUT2D eigenvalue weighted by Crippen LogP contribution is -2.36. The molecule has 3 aromatic rings. The lowest BCUT2D eigenvalue weighted by Gasteiger charge is -2.31. The molecular weight excluding hydrogens is 466 g/mol. The normalized spacial score (nSPS) is 18.4. The van der Waals surface area contributed by atoms with E-state index in [9.17, 15) is 0 Å². The van der Waals surface area contributed by atoms with Gasteiger partial charge in [-0.05, 0) is 73.7 Å². The van der Waals surface area contributed by atoms with Crippen LogP contribution in [0.15, 0.2) is 75.6 Å². The summed E-state index contributed by atoms with van der Waals surface area (Å²) in [6, 6.07) is 17.3. The Morgan fingerprint density at radius 1 is 1.00 bits per heavy atom. The number of nitrogens with zero attached hydrogens (tertiary/aromatic N) is 5. The summed E-state index contributed by atoms with van der Waals surface area (Å²) in [5, 5.41) is 9.14. The number of hydrogen-bond acceptors (Lipinski definition) is 6. The number of benzene rings is 2. The van der Waals surface area contributed by atoms with Crippen molar-refractivity contribution in [2.24, 2.45) is 17.3 Å². The van der Waals surface area contributed by atoms with Crippen LogP contribution < -0.4 is 9.70 Å². The molecule has 1 saturated heterocycles. The standard InChI is InChI=1S/C29H35N5OS/c1-4-33(5-2)25-14-10-22(11-15-25)20-23-12-13-24(28(23)34-16-18-35-19-17-34)21-30-31-29-32(3)26-8-6-7-9-27(26)36-29/h6-11,14-15,20-21H,4-5,12-13,16-19H2,1-3H3/b23-20-,30-21-,31-29-. The van der Waals surface area contributed by atoms with Crippen LogP contribution in [0.5, 0.6) is 0 Å². The van der Waals surface area contributed by atoms with E-state index in [-0.39, 0.29) is 0 Å². The van der Waals surface area contributed by atoms with E-state index in [0.29, 0.717) is 0 Å². The summed E-state index contributed by atoms with van der Waals surface area (Å²) in [6.07, 6.45) is 6.32. The van der Waals surface area contributed by atoms with E-state index in [0.717, 1.165) is 57.0 Å². The first-order valence-electron chi connectivity index (χ1n) is 12.9. The van der Waals surface area contributed by atoms with Gasteiger partial charge in [-0.3, -0.25) is 0 Å². The third-order valence-corrected chi connectivity index (χ3v) is 8.14. The average molecular weight is 502 g/mol. The van der Waals surface area contributed by atoms with E-state index in [2.05, 4.69) is 93.0 Å². The molecule has 0 N–H and O–H groups in total. The topological polar surface area (TPSA) is 45.4 Å². The molecule has 2 heterocycles. The molecule has 7 heteroatoms. The number of rotatable bonds is 7. The lowest BCUT2D eigenvalue weighted by atomic mass is 10.1. The Balaban J connectivity index is 1.45. The van der Waals surface area contributed by atoms with E-state index in [4.69, 9.17) is 4.74 Å². The molecule has 0 amide bonds. The number of para-hydroxylation sites is 1. The number of fused-ring (bicyclic) bond motifs is 1. The van der Waals surface area contributed by atoms with E-state index in [1.165, 1.54) is 38.3 Å². The van der Waals surface area contributed by atoms with Gasteiger partial charge in [0.1, 0.15) is 0 Å². The number of thiazole rings is 1. The number of ether oxygens (including phenoxy) is 1. The Kier molecular flexibility index (Phi) is 7.68.